The molecule has 3 N–H and O–H groups in total. The van der Waals surface area contributed by atoms with Gasteiger partial charge in [-0.15, -0.1) is 0 Å². The molecule has 0 radical (unpaired) electrons. The van der Waals surface area contributed by atoms with Gasteiger partial charge in [-0.3, -0.25) is 14.2 Å². The average molecular weight is 463 g/mol. The minimum atomic E-state index is -0.749. The second kappa shape index (κ2) is 12.7. The molecule has 0 aliphatic carbocycles. The minimum absolute atomic E-state index is 0.262. The molecular formula is C24H42N6O3. The first-order chi connectivity index (χ1) is 15.7. The molecule has 33 heavy (non-hydrogen) atoms. The van der Waals surface area contributed by atoms with E-state index in [9.17, 15) is 14.4 Å². The normalized spacial score (nSPS) is 13.5. The zero-order valence-corrected chi connectivity index (χ0v) is 21.0. The van der Waals surface area contributed by atoms with Crippen LogP contribution in [0, 0.1) is 5.92 Å². The fraction of sp³-hybridized carbons (Fsp3) is 0.750. The van der Waals surface area contributed by atoms with Crippen LogP contribution in [0.4, 0.5) is 0 Å². The summed E-state index contributed by atoms with van der Waals surface area (Å²) < 4.78 is 4.12. The molecule has 9 nitrogen and oxygen atoms in total. The van der Waals surface area contributed by atoms with E-state index in [1.54, 1.807) is 18.7 Å². The summed E-state index contributed by atoms with van der Waals surface area (Å²) in [6.45, 7) is 6.21. The fourth-order valence-electron chi connectivity index (χ4n) is 4.26. The SMILES string of the molecule is CCCCCCCCCCC(NC(=O)C(N)CC(C)C)n1c(=O)c2c(ncn2C)n(C)c1=O. The van der Waals surface area contributed by atoms with Crippen LogP contribution in [-0.4, -0.2) is 30.6 Å². The van der Waals surface area contributed by atoms with Crippen molar-refractivity contribution in [3.8, 4) is 0 Å². The third-order valence-electron chi connectivity index (χ3n) is 6.16. The third-order valence-corrected chi connectivity index (χ3v) is 6.16. The zero-order valence-electron chi connectivity index (χ0n) is 21.0. The number of amides is 1. The minimum Gasteiger partial charge on any atom is -0.334 e. The first kappa shape index (κ1) is 26.8. The molecule has 2 aromatic heterocycles. The molecule has 9 heteroatoms. The second-order valence-corrected chi connectivity index (χ2v) is 9.57. The quantitative estimate of drug-likeness (QED) is 0.419. The van der Waals surface area contributed by atoms with Crippen LogP contribution in [0.15, 0.2) is 15.9 Å². The summed E-state index contributed by atoms with van der Waals surface area (Å²) in [7, 11) is 3.31. The van der Waals surface area contributed by atoms with Crippen LogP contribution in [0.25, 0.3) is 11.2 Å². The maximum Gasteiger partial charge on any atom is 0.334 e. The highest BCUT2D eigenvalue weighted by molar-refractivity contribution is 5.81. The van der Waals surface area contributed by atoms with E-state index in [-0.39, 0.29) is 11.8 Å². The van der Waals surface area contributed by atoms with Gasteiger partial charge in [-0.05, 0) is 25.2 Å². The number of aromatic nitrogens is 4. The summed E-state index contributed by atoms with van der Waals surface area (Å²) in [5, 5.41) is 2.90. The lowest BCUT2D eigenvalue weighted by molar-refractivity contribution is -0.124. The van der Waals surface area contributed by atoms with E-state index in [1.165, 1.54) is 43.0 Å². The van der Waals surface area contributed by atoms with Gasteiger partial charge >= 0.3 is 5.69 Å². The summed E-state index contributed by atoms with van der Waals surface area (Å²) in [6.07, 6.45) is 10.9. The van der Waals surface area contributed by atoms with Crippen LogP contribution in [0.1, 0.15) is 91.1 Å². The lowest BCUT2D eigenvalue weighted by atomic mass is 10.0. The molecule has 2 atom stereocenters. The van der Waals surface area contributed by atoms with Crippen LogP contribution in [0.5, 0.6) is 0 Å². The van der Waals surface area contributed by atoms with E-state index < -0.39 is 23.5 Å². The Balaban J connectivity index is 2.24. The van der Waals surface area contributed by atoms with Gasteiger partial charge in [0.1, 0.15) is 6.17 Å². The van der Waals surface area contributed by atoms with Crippen molar-refractivity contribution < 1.29 is 4.79 Å². The molecule has 0 spiro atoms. The molecule has 0 fully saturated rings. The van der Waals surface area contributed by atoms with Crippen molar-refractivity contribution >= 4 is 17.1 Å². The first-order valence-corrected chi connectivity index (χ1v) is 12.4. The van der Waals surface area contributed by atoms with Crippen LogP contribution < -0.4 is 22.3 Å². The highest BCUT2D eigenvalue weighted by Gasteiger charge is 2.25. The van der Waals surface area contributed by atoms with Crippen molar-refractivity contribution in [2.24, 2.45) is 25.7 Å². The van der Waals surface area contributed by atoms with Crippen molar-refractivity contribution in [1.82, 2.24) is 24.0 Å². The Morgan fingerprint density at radius 3 is 2.27 bits per heavy atom. The van der Waals surface area contributed by atoms with Gasteiger partial charge < -0.3 is 15.6 Å². The van der Waals surface area contributed by atoms with Crippen molar-refractivity contribution in [2.75, 3.05) is 0 Å². The number of fused-ring (bicyclic) bond motifs is 1. The van der Waals surface area contributed by atoms with E-state index in [2.05, 4.69) is 17.2 Å². The molecule has 0 saturated heterocycles. The predicted octanol–water partition coefficient (Wildman–Crippen LogP) is 2.95. The van der Waals surface area contributed by atoms with Crippen LogP contribution in [-0.2, 0) is 18.9 Å². The van der Waals surface area contributed by atoms with Crippen LogP contribution >= 0.6 is 0 Å². The molecular weight excluding hydrogens is 420 g/mol. The maximum absolute atomic E-state index is 13.3. The highest BCUT2D eigenvalue weighted by Crippen LogP contribution is 2.15. The second-order valence-electron chi connectivity index (χ2n) is 9.57. The molecule has 2 unspecified atom stereocenters. The van der Waals surface area contributed by atoms with Crippen molar-refractivity contribution in [3.05, 3.63) is 27.2 Å². The van der Waals surface area contributed by atoms with E-state index in [0.29, 0.717) is 24.0 Å². The fourth-order valence-corrected chi connectivity index (χ4v) is 4.26. The molecule has 0 bridgehead atoms. The Morgan fingerprint density at radius 2 is 1.67 bits per heavy atom. The van der Waals surface area contributed by atoms with Gasteiger partial charge in [0.05, 0.1) is 12.4 Å². The number of unbranched alkanes of at least 4 members (excludes halogenated alkanes) is 7. The van der Waals surface area contributed by atoms with E-state index in [0.717, 1.165) is 23.8 Å². The summed E-state index contributed by atoms with van der Waals surface area (Å²) in [5.41, 5.74) is 5.81. The standard InChI is InChI=1S/C24H42N6O3/c1-6-7-8-9-10-11-12-13-14-19(27-22(31)18(25)15-17(2)3)30-23(32)20-21(26-16-28(20)4)29(5)24(30)33/h16-19H,6-15,25H2,1-5H3,(H,27,31). The number of rotatable bonds is 14. The van der Waals surface area contributed by atoms with Crippen LogP contribution in [0.3, 0.4) is 0 Å². The molecule has 0 aliphatic heterocycles. The van der Waals surface area contributed by atoms with Crippen molar-refractivity contribution in [2.45, 2.75) is 97.2 Å². The largest absolute Gasteiger partial charge is 0.334 e. The Hall–Kier alpha value is -2.42. The number of carbonyl (C=O) groups excluding carboxylic acids is 1. The number of carbonyl (C=O) groups is 1. The molecule has 0 aliphatic rings. The lowest BCUT2D eigenvalue weighted by Gasteiger charge is -2.24. The van der Waals surface area contributed by atoms with Gasteiger partial charge in [-0.2, -0.15) is 0 Å². The first-order valence-electron chi connectivity index (χ1n) is 12.4. The Bertz CT molecular complexity index is 1020. The van der Waals surface area contributed by atoms with E-state index >= 15 is 0 Å². The molecule has 2 aromatic rings. The number of aryl methyl sites for hydroxylation is 2. The molecule has 2 heterocycles. The van der Waals surface area contributed by atoms with Crippen molar-refractivity contribution in [1.29, 1.82) is 0 Å². The molecule has 2 rings (SSSR count). The summed E-state index contributed by atoms with van der Waals surface area (Å²) >= 11 is 0. The predicted molar refractivity (Wildman–Crippen MR) is 132 cm³/mol. The Kier molecular flexibility index (Phi) is 10.3. The Labute approximate surface area is 196 Å². The number of nitrogens with one attached hydrogen (secondary N) is 1. The molecule has 0 saturated carbocycles. The van der Waals surface area contributed by atoms with Gasteiger partial charge in [0.25, 0.3) is 5.56 Å². The Morgan fingerprint density at radius 1 is 1.06 bits per heavy atom. The number of nitrogens with zero attached hydrogens (tertiary/aromatic N) is 4. The van der Waals surface area contributed by atoms with Crippen LogP contribution in [0.2, 0.25) is 0 Å². The molecule has 1 amide bonds. The van der Waals surface area contributed by atoms with Gasteiger partial charge in [0, 0.05) is 14.1 Å². The molecule has 0 aromatic carbocycles. The number of nitrogens with two attached hydrogens (primary N) is 1. The van der Waals surface area contributed by atoms with Crippen molar-refractivity contribution in [3.63, 3.8) is 0 Å². The third kappa shape index (κ3) is 7.03. The highest BCUT2D eigenvalue weighted by atomic mass is 16.2. The zero-order chi connectivity index (χ0) is 24.5. The molecule has 186 valence electrons. The monoisotopic (exact) mass is 462 g/mol. The number of imidazole rings is 1. The van der Waals surface area contributed by atoms with E-state index in [1.807, 2.05) is 13.8 Å². The van der Waals surface area contributed by atoms with Gasteiger partial charge in [-0.25, -0.2) is 14.3 Å². The number of hydrogen-bond donors (Lipinski definition) is 2. The maximum atomic E-state index is 13.3. The average Bonchev–Trinajstić information content (AvgIpc) is 3.15. The number of hydrogen-bond acceptors (Lipinski definition) is 5. The summed E-state index contributed by atoms with van der Waals surface area (Å²) in [6, 6.07) is -0.689. The van der Waals surface area contributed by atoms with Gasteiger partial charge in [0.2, 0.25) is 5.91 Å². The smallest absolute Gasteiger partial charge is 0.334 e. The van der Waals surface area contributed by atoms with Gasteiger partial charge in [-0.1, -0.05) is 65.7 Å². The van der Waals surface area contributed by atoms with Gasteiger partial charge in [0.15, 0.2) is 11.2 Å². The summed E-state index contributed by atoms with van der Waals surface area (Å²) in [5.74, 6) is -0.0781. The topological polar surface area (TPSA) is 117 Å². The summed E-state index contributed by atoms with van der Waals surface area (Å²) in [4.78, 5) is 43.4. The van der Waals surface area contributed by atoms with E-state index in [4.69, 9.17) is 5.73 Å². The lowest BCUT2D eigenvalue weighted by Crippen LogP contribution is -2.51.